The number of nitrogens with two attached hydrogens (primary N) is 1. The van der Waals surface area contributed by atoms with E-state index in [0.29, 0.717) is 12.6 Å². The first-order chi connectivity index (χ1) is 10.2. The van der Waals surface area contributed by atoms with Gasteiger partial charge in [-0.2, -0.15) is 0 Å². The van der Waals surface area contributed by atoms with Crippen LogP contribution in [0.25, 0.3) is 0 Å². The van der Waals surface area contributed by atoms with E-state index in [-0.39, 0.29) is 24.4 Å². The summed E-state index contributed by atoms with van der Waals surface area (Å²) >= 11 is 6.14. The third-order valence-electron chi connectivity index (χ3n) is 4.79. The molecular weight excluding hydrogens is 319 g/mol. The molecule has 0 heterocycles. The zero-order chi connectivity index (χ0) is 15.1. The van der Waals surface area contributed by atoms with Crippen LogP contribution >= 0.6 is 24.0 Å². The first kappa shape index (κ1) is 19.7. The third kappa shape index (κ3) is 5.10. The van der Waals surface area contributed by atoms with Crippen molar-refractivity contribution in [1.82, 2.24) is 5.32 Å². The molecule has 0 atom stereocenters. The molecule has 0 spiro atoms. The Kier molecular flexibility index (Phi) is 8.73. The smallest absolute Gasteiger partial charge is 0.0431 e. The molecule has 3 nitrogen and oxygen atoms in total. The molecule has 0 bridgehead atoms. The summed E-state index contributed by atoms with van der Waals surface area (Å²) in [5.41, 5.74) is 7.49. The van der Waals surface area contributed by atoms with Crippen molar-refractivity contribution in [2.24, 2.45) is 5.73 Å². The predicted molar refractivity (Wildman–Crippen MR) is 96.0 cm³/mol. The standard InChI is InChI=1S/C17H27ClN2O.ClH/c18-15-5-3-4-14(12-15)17(13-19)8-6-16(7-9-17)20-10-1-2-11-21;/h3-5,12,16,20-21H,1-2,6-11,13,19H2;1H. The fourth-order valence-corrected chi connectivity index (χ4v) is 3.54. The summed E-state index contributed by atoms with van der Waals surface area (Å²) in [6.45, 7) is 1.97. The monoisotopic (exact) mass is 346 g/mol. The van der Waals surface area contributed by atoms with Gasteiger partial charge in [0.05, 0.1) is 0 Å². The average molecular weight is 347 g/mol. The van der Waals surface area contributed by atoms with E-state index < -0.39 is 0 Å². The minimum Gasteiger partial charge on any atom is -0.396 e. The van der Waals surface area contributed by atoms with Crippen LogP contribution in [0.5, 0.6) is 0 Å². The maximum atomic E-state index is 8.80. The van der Waals surface area contributed by atoms with Crippen molar-refractivity contribution in [1.29, 1.82) is 0 Å². The van der Waals surface area contributed by atoms with Crippen molar-refractivity contribution in [2.75, 3.05) is 19.7 Å². The Morgan fingerprint density at radius 1 is 1.27 bits per heavy atom. The van der Waals surface area contributed by atoms with Gasteiger partial charge in [0.1, 0.15) is 0 Å². The topological polar surface area (TPSA) is 58.3 Å². The van der Waals surface area contributed by atoms with E-state index in [1.54, 1.807) is 0 Å². The Morgan fingerprint density at radius 3 is 2.59 bits per heavy atom. The van der Waals surface area contributed by atoms with Crippen LogP contribution in [0.1, 0.15) is 44.1 Å². The lowest BCUT2D eigenvalue weighted by Gasteiger charge is -2.40. The molecule has 0 saturated heterocycles. The van der Waals surface area contributed by atoms with Crippen molar-refractivity contribution < 1.29 is 5.11 Å². The van der Waals surface area contributed by atoms with Crippen LogP contribution in [0.4, 0.5) is 0 Å². The van der Waals surface area contributed by atoms with Gasteiger partial charge in [-0.05, 0) is 62.8 Å². The van der Waals surface area contributed by atoms with Crippen molar-refractivity contribution in [3.8, 4) is 0 Å². The highest BCUT2D eigenvalue weighted by atomic mass is 35.5. The van der Waals surface area contributed by atoms with Gasteiger partial charge in [-0.1, -0.05) is 23.7 Å². The number of unbranched alkanes of at least 4 members (excludes halogenated alkanes) is 1. The van der Waals surface area contributed by atoms with Gasteiger partial charge in [-0.25, -0.2) is 0 Å². The molecule has 0 aromatic heterocycles. The molecule has 22 heavy (non-hydrogen) atoms. The number of nitrogens with one attached hydrogen (secondary N) is 1. The largest absolute Gasteiger partial charge is 0.396 e. The summed E-state index contributed by atoms with van der Waals surface area (Å²) < 4.78 is 0. The zero-order valence-corrected chi connectivity index (χ0v) is 14.6. The van der Waals surface area contributed by atoms with Gasteiger partial charge < -0.3 is 16.2 Å². The van der Waals surface area contributed by atoms with Crippen LogP contribution in [-0.4, -0.2) is 30.8 Å². The highest BCUT2D eigenvalue weighted by Gasteiger charge is 2.35. The molecule has 5 heteroatoms. The number of halogens is 2. The van der Waals surface area contributed by atoms with Gasteiger partial charge in [0.25, 0.3) is 0 Å². The number of benzene rings is 1. The second-order valence-electron chi connectivity index (χ2n) is 6.15. The molecule has 0 amide bonds. The summed E-state index contributed by atoms with van der Waals surface area (Å²) in [4.78, 5) is 0. The number of rotatable bonds is 7. The summed E-state index contributed by atoms with van der Waals surface area (Å²) in [7, 11) is 0. The van der Waals surface area contributed by atoms with Crippen LogP contribution in [0, 0.1) is 0 Å². The molecule has 0 radical (unpaired) electrons. The lowest BCUT2D eigenvalue weighted by molar-refractivity contribution is 0.246. The fraction of sp³-hybridized carbons (Fsp3) is 0.647. The summed E-state index contributed by atoms with van der Waals surface area (Å²) in [6, 6.07) is 8.76. The van der Waals surface area contributed by atoms with Crippen molar-refractivity contribution >= 4 is 24.0 Å². The Hall–Kier alpha value is -0.320. The van der Waals surface area contributed by atoms with Crippen LogP contribution in [0.15, 0.2) is 24.3 Å². The highest BCUT2D eigenvalue weighted by Crippen LogP contribution is 2.39. The maximum absolute atomic E-state index is 8.80. The molecule has 4 N–H and O–H groups in total. The quantitative estimate of drug-likeness (QED) is 0.664. The van der Waals surface area contributed by atoms with Crippen molar-refractivity contribution in [3.05, 3.63) is 34.9 Å². The van der Waals surface area contributed by atoms with E-state index in [4.69, 9.17) is 22.4 Å². The molecule has 0 aliphatic heterocycles. The molecule has 1 aromatic rings. The van der Waals surface area contributed by atoms with Crippen LogP contribution in [0.3, 0.4) is 0 Å². The third-order valence-corrected chi connectivity index (χ3v) is 5.02. The second-order valence-corrected chi connectivity index (χ2v) is 6.59. The number of aliphatic hydroxyl groups excluding tert-OH is 1. The number of hydrogen-bond donors (Lipinski definition) is 3. The Balaban J connectivity index is 0.00000242. The van der Waals surface area contributed by atoms with E-state index in [0.717, 1.165) is 50.1 Å². The SMILES string of the molecule is Cl.NCC1(c2cccc(Cl)c2)CCC(NCCCCO)CC1. The predicted octanol–water partition coefficient (Wildman–Crippen LogP) is 3.26. The van der Waals surface area contributed by atoms with Crippen LogP contribution in [0.2, 0.25) is 5.02 Å². The second kappa shape index (κ2) is 9.74. The Morgan fingerprint density at radius 2 is 2.00 bits per heavy atom. The van der Waals surface area contributed by atoms with Gasteiger partial charge in [-0.3, -0.25) is 0 Å². The summed E-state index contributed by atoms with van der Waals surface area (Å²) in [5, 5.41) is 13.2. The van der Waals surface area contributed by atoms with Crippen molar-refractivity contribution in [2.45, 2.75) is 50.0 Å². The van der Waals surface area contributed by atoms with E-state index in [9.17, 15) is 0 Å². The van der Waals surface area contributed by atoms with E-state index >= 15 is 0 Å². The van der Waals surface area contributed by atoms with E-state index in [1.165, 1.54) is 5.56 Å². The molecule has 1 saturated carbocycles. The van der Waals surface area contributed by atoms with Crippen LogP contribution in [-0.2, 0) is 5.41 Å². The number of hydrogen-bond acceptors (Lipinski definition) is 3. The molecule has 126 valence electrons. The maximum Gasteiger partial charge on any atom is 0.0431 e. The molecular formula is C17H28Cl2N2O. The fourth-order valence-electron chi connectivity index (χ4n) is 3.35. The van der Waals surface area contributed by atoms with Gasteiger partial charge in [0.15, 0.2) is 0 Å². The van der Waals surface area contributed by atoms with Gasteiger partial charge in [-0.15, -0.1) is 12.4 Å². The van der Waals surface area contributed by atoms with Crippen molar-refractivity contribution in [3.63, 3.8) is 0 Å². The summed E-state index contributed by atoms with van der Waals surface area (Å²) in [6.07, 6.45) is 6.47. The minimum atomic E-state index is 0. The Labute approximate surface area is 145 Å². The molecule has 1 aromatic carbocycles. The van der Waals surface area contributed by atoms with Gasteiger partial charge >= 0.3 is 0 Å². The molecule has 1 aliphatic carbocycles. The minimum absolute atomic E-state index is 0. The summed E-state index contributed by atoms with van der Waals surface area (Å²) in [5.74, 6) is 0. The van der Waals surface area contributed by atoms with E-state index in [2.05, 4.69) is 17.4 Å². The normalized spacial score (nSPS) is 24.8. The first-order valence-electron chi connectivity index (χ1n) is 8.00. The molecule has 1 fully saturated rings. The van der Waals surface area contributed by atoms with Gasteiger partial charge in [0.2, 0.25) is 0 Å². The zero-order valence-electron chi connectivity index (χ0n) is 13.1. The number of aliphatic hydroxyl groups is 1. The first-order valence-corrected chi connectivity index (χ1v) is 8.38. The lowest BCUT2D eigenvalue weighted by Crippen LogP contribution is -2.44. The van der Waals surface area contributed by atoms with Gasteiger partial charge in [0, 0.05) is 29.6 Å². The molecule has 2 rings (SSSR count). The van der Waals surface area contributed by atoms with Crippen LogP contribution < -0.4 is 11.1 Å². The molecule has 0 unspecified atom stereocenters. The van der Waals surface area contributed by atoms with E-state index in [1.807, 2.05) is 12.1 Å². The highest BCUT2D eigenvalue weighted by molar-refractivity contribution is 6.30. The Bertz CT molecular complexity index is 434. The lowest BCUT2D eigenvalue weighted by atomic mass is 9.68. The molecule has 1 aliphatic rings. The average Bonchev–Trinajstić information content (AvgIpc) is 2.52.